The van der Waals surface area contributed by atoms with Gasteiger partial charge in [-0.2, -0.15) is 0 Å². The van der Waals surface area contributed by atoms with Gasteiger partial charge in [0.2, 0.25) is 0 Å². The molecule has 0 radical (unpaired) electrons. The Morgan fingerprint density at radius 1 is 1.19 bits per heavy atom. The number of aromatic amines is 1. The molecule has 2 amide bonds. The van der Waals surface area contributed by atoms with Gasteiger partial charge in [-0.05, 0) is 52.8 Å². The minimum Gasteiger partial charge on any atom is -0.444 e. The van der Waals surface area contributed by atoms with E-state index >= 15 is 0 Å². The van der Waals surface area contributed by atoms with E-state index in [1.54, 1.807) is 59.9 Å². The highest BCUT2D eigenvalue weighted by Crippen LogP contribution is 2.13. The van der Waals surface area contributed by atoms with Crippen LogP contribution in [-0.2, 0) is 11.8 Å². The van der Waals surface area contributed by atoms with Crippen LogP contribution >= 0.6 is 0 Å². The van der Waals surface area contributed by atoms with Crippen LogP contribution in [0.1, 0.15) is 45.0 Å². The van der Waals surface area contributed by atoms with Crippen LogP contribution in [0, 0.1) is 0 Å². The van der Waals surface area contributed by atoms with Gasteiger partial charge in [0.15, 0.2) is 0 Å². The quantitative estimate of drug-likeness (QED) is 0.772. The molecule has 0 saturated carbocycles. The van der Waals surface area contributed by atoms with E-state index in [-0.39, 0.29) is 18.1 Å². The molecule has 26 heavy (non-hydrogen) atoms. The molecule has 1 heterocycles. The summed E-state index contributed by atoms with van der Waals surface area (Å²) >= 11 is 0. The SMILES string of the molecule is Cn1c(=O)[nH]c2cc(C(=O)NC(C)(C)CNC(=O)OC(C)(C)C)ccc21. The van der Waals surface area contributed by atoms with Crippen molar-refractivity contribution >= 4 is 23.0 Å². The molecular weight excluding hydrogens is 336 g/mol. The number of benzene rings is 1. The van der Waals surface area contributed by atoms with Crippen LogP contribution in [0.5, 0.6) is 0 Å². The van der Waals surface area contributed by atoms with E-state index in [9.17, 15) is 14.4 Å². The fourth-order valence-electron chi connectivity index (χ4n) is 2.41. The van der Waals surface area contributed by atoms with Crippen LogP contribution in [0.3, 0.4) is 0 Å². The maximum absolute atomic E-state index is 12.5. The number of hydrogen-bond acceptors (Lipinski definition) is 4. The summed E-state index contributed by atoms with van der Waals surface area (Å²) in [6, 6.07) is 5.00. The molecule has 0 fully saturated rings. The van der Waals surface area contributed by atoms with Crippen molar-refractivity contribution in [1.82, 2.24) is 20.2 Å². The molecule has 0 aliphatic rings. The van der Waals surface area contributed by atoms with Crippen LogP contribution < -0.4 is 16.3 Å². The van der Waals surface area contributed by atoms with Crippen molar-refractivity contribution in [2.24, 2.45) is 7.05 Å². The van der Waals surface area contributed by atoms with E-state index in [1.165, 1.54) is 4.57 Å². The van der Waals surface area contributed by atoms with Crippen LogP contribution in [0.4, 0.5) is 4.79 Å². The number of alkyl carbamates (subject to hydrolysis) is 1. The summed E-state index contributed by atoms with van der Waals surface area (Å²) in [6.45, 7) is 9.14. The summed E-state index contributed by atoms with van der Waals surface area (Å²) in [7, 11) is 1.66. The van der Waals surface area contributed by atoms with Crippen molar-refractivity contribution in [3.63, 3.8) is 0 Å². The van der Waals surface area contributed by atoms with Crippen molar-refractivity contribution in [2.45, 2.75) is 45.8 Å². The van der Waals surface area contributed by atoms with Gasteiger partial charge in [0, 0.05) is 19.2 Å². The second-order valence-corrected chi connectivity index (χ2v) is 7.91. The van der Waals surface area contributed by atoms with Gasteiger partial charge >= 0.3 is 11.8 Å². The van der Waals surface area contributed by atoms with E-state index in [0.717, 1.165) is 5.52 Å². The summed E-state index contributed by atoms with van der Waals surface area (Å²) in [5.41, 5.74) is 0.225. The largest absolute Gasteiger partial charge is 0.444 e. The minimum atomic E-state index is -0.687. The van der Waals surface area contributed by atoms with Crippen molar-refractivity contribution in [3.05, 3.63) is 34.2 Å². The van der Waals surface area contributed by atoms with E-state index in [0.29, 0.717) is 11.1 Å². The Bertz CT molecular complexity index is 887. The van der Waals surface area contributed by atoms with Gasteiger partial charge in [-0.25, -0.2) is 9.59 Å². The van der Waals surface area contributed by atoms with Crippen molar-refractivity contribution in [2.75, 3.05) is 6.54 Å². The molecule has 0 atom stereocenters. The molecule has 2 rings (SSSR count). The summed E-state index contributed by atoms with van der Waals surface area (Å²) in [5.74, 6) is -0.299. The first-order valence-electron chi connectivity index (χ1n) is 8.36. The number of amides is 2. The van der Waals surface area contributed by atoms with Crippen LogP contribution in [0.15, 0.2) is 23.0 Å². The molecule has 2 aromatic rings. The monoisotopic (exact) mass is 362 g/mol. The Morgan fingerprint density at radius 2 is 1.85 bits per heavy atom. The predicted molar refractivity (Wildman–Crippen MR) is 99.3 cm³/mol. The third kappa shape index (κ3) is 4.87. The fourth-order valence-corrected chi connectivity index (χ4v) is 2.41. The Kier molecular flexibility index (Phi) is 5.16. The zero-order valence-electron chi connectivity index (χ0n) is 16.0. The molecule has 0 unspecified atom stereocenters. The third-order valence-corrected chi connectivity index (χ3v) is 3.69. The van der Waals surface area contributed by atoms with Gasteiger partial charge in [-0.15, -0.1) is 0 Å². The summed E-state index contributed by atoms with van der Waals surface area (Å²) in [5, 5.41) is 5.52. The molecule has 8 nitrogen and oxygen atoms in total. The van der Waals surface area contributed by atoms with Crippen molar-refractivity contribution in [1.29, 1.82) is 0 Å². The predicted octanol–water partition coefficient (Wildman–Crippen LogP) is 1.90. The zero-order chi connectivity index (χ0) is 19.7. The van der Waals surface area contributed by atoms with Crippen molar-refractivity contribution < 1.29 is 14.3 Å². The van der Waals surface area contributed by atoms with Gasteiger partial charge in [0.25, 0.3) is 5.91 Å². The molecule has 0 spiro atoms. The lowest BCUT2D eigenvalue weighted by atomic mass is 10.0. The van der Waals surface area contributed by atoms with E-state index < -0.39 is 17.2 Å². The molecule has 0 aliphatic heterocycles. The molecule has 1 aromatic carbocycles. The number of ether oxygens (including phenoxy) is 1. The van der Waals surface area contributed by atoms with E-state index in [4.69, 9.17) is 4.74 Å². The standard InChI is InChI=1S/C18H26N4O4/c1-17(2,3)26-16(25)19-10-18(4,5)21-14(23)11-7-8-13-12(9-11)20-15(24)22(13)6/h7-9H,10H2,1-6H3,(H,19,25)(H,20,24)(H,21,23). The smallest absolute Gasteiger partial charge is 0.407 e. The van der Waals surface area contributed by atoms with Gasteiger partial charge in [0.05, 0.1) is 16.6 Å². The Hall–Kier alpha value is -2.77. The molecule has 0 saturated heterocycles. The van der Waals surface area contributed by atoms with Crippen molar-refractivity contribution in [3.8, 4) is 0 Å². The summed E-state index contributed by atoms with van der Waals surface area (Å²) in [6.07, 6.45) is -0.539. The van der Waals surface area contributed by atoms with E-state index in [2.05, 4.69) is 15.6 Å². The summed E-state index contributed by atoms with van der Waals surface area (Å²) < 4.78 is 6.66. The maximum atomic E-state index is 12.5. The Balaban J connectivity index is 2.03. The third-order valence-electron chi connectivity index (χ3n) is 3.69. The average Bonchev–Trinajstić information content (AvgIpc) is 2.77. The maximum Gasteiger partial charge on any atom is 0.407 e. The minimum absolute atomic E-state index is 0.206. The highest BCUT2D eigenvalue weighted by atomic mass is 16.6. The molecule has 1 aromatic heterocycles. The molecule has 0 aliphatic carbocycles. The highest BCUT2D eigenvalue weighted by molar-refractivity contribution is 5.97. The number of carbonyl (C=O) groups is 2. The Labute approximate surface area is 151 Å². The van der Waals surface area contributed by atoms with Crippen LogP contribution in [0.2, 0.25) is 0 Å². The second kappa shape index (κ2) is 6.86. The molecule has 3 N–H and O–H groups in total. The molecule has 142 valence electrons. The van der Waals surface area contributed by atoms with Crippen LogP contribution in [0.25, 0.3) is 11.0 Å². The number of nitrogens with one attached hydrogen (secondary N) is 3. The van der Waals surface area contributed by atoms with Crippen LogP contribution in [-0.4, -0.2) is 39.2 Å². The van der Waals surface area contributed by atoms with Gasteiger partial charge in [-0.3, -0.25) is 9.36 Å². The van der Waals surface area contributed by atoms with E-state index in [1.807, 2.05) is 0 Å². The highest BCUT2D eigenvalue weighted by Gasteiger charge is 2.24. The number of aryl methyl sites for hydroxylation is 1. The fraction of sp³-hybridized carbons (Fsp3) is 0.500. The normalized spacial score (nSPS) is 12.1. The number of H-pyrrole nitrogens is 1. The zero-order valence-corrected chi connectivity index (χ0v) is 16.0. The van der Waals surface area contributed by atoms with Gasteiger partial charge in [0.1, 0.15) is 5.60 Å². The van der Waals surface area contributed by atoms with Gasteiger partial charge in [-0.1, -0.05) is 0 Å². The summed E-state index contributed by atoms with van der Waals surface area (Å²) in [4.78, 5) is 38.6. The molecule has 8 heteroatoms. The first kappa shape index (κ1) is 19.6. The Morgan fingerprint density at radius 3 is 2.46 bits per heavy atom. The lowest BCUT2D eigenvalue weighted by Crippen LogP contribution is -2.52. The number of imidazole rings is 1. The first-order valence-corrected chi connectivity index (χ1v) is 8.36. The lowest BCUT2D eigenvalue weighted by Gasteiger charge is -2.27. The van der Waals surface area contributed by atoms with Gasteiger partial charge < -0.3 is 20.4 Å². The first-order chi connectivity index (χ1) is 11.9. The number of fused-ring (bicyclic) bond motifs is 1. The number of rotatable bonds is 4. The number of carbonyl (C=O) groups excluding carboxylic acids is 2. The second-order valence-electron chi connectivity index (χ2n) is 7.91. The molecule has 0 bridgehead atoms. The average molecular weight is 362 g/mol. The lowest BCUT2D eigenvalue weighted by molar-refractivity contribution is 0.0509. The number of hydrogen-bond donors (Lipinski definition) is 3. The topological polar surface area (TPSA) is 105 Å². The molecular formula is C18H26N4O4. The number of aromatic nitrogens is 2. The number of nitrogens with zero attached hydrogens (tertiary/aromatic N) is 1.